The zero-order valence-electron chi connectivity index (χ0n) is 18.1. The molecule has 0 bridgehead atoms. The van der Waals surface area contributed by atoms with Gasteiger partial charge in [-0.05, 0) is 29.5 Å². The molecule has 2 saturated heterocycles. The Bertz CT molecular complexity index is 1120. The maximum absolute atomic E-state index is 13.2. The molecule has 12 nitrogen and oxygen atoms in total. The number of aliphatic carboxylic acids is 1. The maximum atomic E-state index is 13.2. The van der Waals surface area contributed by atoms with E-state index in [9.17, 15) is 19.5 Å². The monoisotopic (exact) mass is 522 g/mol. The third-order valence-electron chi connectivity index (χ3n) is 5.68. The average molecular weight is 523 g/mol. The second kappa shape index (κ2) is 9.84. The van der Waals surface area contributed by atoms with E-state index in [0.717, 1.165) is 5.69 Å². The second-order valence-corrected chi connectivity index (χ2v) is 10.6. The fraction of sp³-hybridized carbons (Fsp3) is 0.474. The van der Waals surface area contributed by atoms with E-state index in [1.807, 2.05) is 4.90 Å². The van der Waals surface area contributed by atoms with Crippen LogP contribution >= 0.6 is 35.7 Å². The van der Waals surface area contributed by atoms with E-state index in [0.29, 0.717) is 15.9 Å². The number of hydrogen-bond acceptors (Lipinski definition) is 10. The topological polar surface area (TPSA) is 160 Å². The molecule has 3 N–H and O–H groups in total. The molecule has 34 heavy (non-hydrogen) atoms. The lowest BCUT2D eigenvalue weighted by Gasteiger charge is -2.56. The lowest BCUT2D eigenvalue weighted by molar-refractivity contribution is -0.155. The first-order valence-corrected chi connectivity index (χ1v) is 12.7. The summed E-state index contributed by atoms with van der Waals surface area (Å²) in [6.45, 7) is 2.04. The Hall–Kier alpha value is -2.78. The van der Waals surface area contributed by atoms with Crippen molar-refractivity contribution in [1.82, 2.24) is 30.1 Å². The first kappa shape index (κ1) is 24.3. The number of carboxylic acid groups (broad SMARTS) is 1. The molecule has 180 valence electrons. The van der Waals surface area contributed by atoms with Crippen molar-refractivity contribution in [3.8, 4) is 0 Å². The van der Waals surface area contributed by atoms with E-state index in [1.165, 1.54) is 28.2 Å². The number of carboxylic acids is 1. The Labute approximate surface area is 208 Å². The first-order chi connectivity index (χ1) is 16.2. The van der Waals surface area contributed by atoms with Crippen LogP contribution in [0.5, 0.6) is 0 Å². The highest BCUT2D eigenvalue weighted by Gasteiger charge is 2.59. The number of thiocarbonyl (C=S) groups is 1. The molecular weight excluding hydrogens is 500 g/mol. The number of tetrazole rings is 1. The molecule has 2 aromatic heterocycles. The predicted octanol–water partition coefficient (Wildman–Crippen LogP) is 0.244. The molecule has 2 amide bonds. The van der Waals surface area contributed by atoms with Gasteiger partial charge in [-0.2, -0.15) is 0 Å². The molecule has 4 heterocycles. The van der Waals surface area contributed by atoms with Gasteiger partial charge in [0, 0.05) is 42.6 Å². The molecule has 0 saturated carbocycles. The second-order valence-electron chi connectivity index (χ2n) is 7.98. The maximum Gasteiger partial charge on any atom is 0.313 e. The molecule has 2 fully saturated rings. The Morgan fingerprint density at radius 2 is 2.15 bits per heavy atom. The van der Waals surface area contributed by atoms with Crippen molar-refractivity contribution < 1.29 is 19.5 Å². The number of aromatic nitrogens is 5. The number of anilines is 1. The highest BCUT2D eigenvalue weighted by molar-refractivity contribution is 8.00. The van der Waals surface area contributed by atoms with Crippen LogP contribution in [0.25, 0.3) is 0 Å². The molecule has 3 atom stereocenters. The zero-order chi connectivity index (χ0) is 24.5. The molecule has 4 rings (SSSR count). The first-order valence-electron chi connectivity index (χ1n) is 10.3. The van der Waals surface area contributed by atoms with Gasteiger partial charge in [0.1, 0.15) is 16.8 Å². The summed E-state index contributed by atoms with van der Waals surface area (Å²) in [4.78, 5) is 44.6. The minimum Gasteiger partial charge on any atom is -0.481 e. The Morgan fingerprint density at radius 3 is 2.79 bits per heavy atom. The summed E-state index contributed by atoms with van der Waals surface area (Å²) in [6.07, 6.45) is 3.34. The van der Waals surface area contributed by atoms with Gasteiger partial charge < -0.3 is 20.6 Å². The Morgan fingerprint density at radius 1 is 1.41 bits per heavy atom. The highest BCUT2D eigenvalue weighted by atomic mass is 32.2. The molecule has 0 aromatic carbocycles. The lowest BCUT2D eigenvalue weighted by atomic mass is 9.89. The summed E-state index contributed by atoms with van der Waals surface area (Å²) < 4.78 is 1.42. The van der Waals surface area contributed by atoms with Crippen molar-refractivity contribution in [1.29, 1.82) is 0 Å². The van der Waals surface area contributed by atoms with E-state index < -0.39 is 23.3 Å². The van der Waals surface area contributed by atoms with Crippen LogP contribution in [0.15, 0.2) is 29.7 Å². The van der Waals surface area contributed by atoms with Crippen LogP contribution in [0, 0.1) is 5.41 Å². The fourth-order valence-corrected chi connectivity index (χ4v) is 6.92. The number of β-lactam (4-membered cyclic amide) rings is 1. The minimum atomic E-state index is -1.18. The highest BCUT2D eigenvalue weighted by Crippen LogP contribution is 2.46. The summed E-state index contributed by atoms with van der Waals surface area (Å²) >= 11 is 8.04. The quantitative estimate of drug-likeness (QED) is 0.263. The molecular formula is C19H22N8O4S3. The van der Waals surface area contributed by atoms with Crippen LogP contribution < -0.4 is 10.6 Å². The summed E-state index contributed by atoms with van der Waals surface area (Å²) in [6, 6.07) is 3.09. The molecule has 2 aliphatic heterocycles. The summed E-state index contributed by atoms with van der Waals surface area (Å²) in [5.74, 6) is -1.17. The molecule has 2 aliphatic rings. The molecule has 0 aliphatic carbocycles. The minimum absolute atomic E-state index is 0.0666. The fourth-order valence-electron chi connectivity index (χ4n) is 3.89. The van der Waals surface area contributed by atoms with Crippen LogP contribution in [-0.2, 0) is 20.9 Å². The number of aryl methyl sites for hydroxylation is 1. The number of pyridine rings is 1. The van der Waals surface area contributed by atoms with Crippen molar-refractivity contribution in [2.24, 2.45) is 11.1 Å². The van der Waals surface area contributed by atoms with Gasteiger partial charge in [0.2, 0.25) is 17.0 Å². The van der Waals surface area contributed by atoms with Gasteiger partial charge in [0.05, 0.1) is 11.5 Å². The smallest absolute Gasteiger partial charge is 0.313 e. The summed E-state index contributed by atoms with van der Waals surface area (Å²) in [5.41, 5.74) is 4.78. The normalized spacial score (nSPS) is 23.7. The van der Waals surface area contributed by atoms with Crippen LogP contribution in [0.1, 0.15) is 13.3 Å². The van der Waals surface area contributed by atoms with Gasteiger partial charge in [-0.15, -0.1) is 16.9 Å². The van der Waals surface area contributed by atoms with Gasteiger partial charge in [-0.1, -0.05) is 24.0 Å². The number of amides is 2. The molecule has 2 unspecified atom stereocenters. The molecule has 0 spiro atoms. The Kier molecular flexibility index (Phi) is 7.04. The van der Waals surface area contributed by atoms with Crippen molar-refractivity contribution in [2.75, 3.05) is 23.0 Å². The number of fused-ring (bicyclic) bond motifs is 1. The van der Waals surface area contributed by atoms with Gasteiger partial charge in [-0.25, -0.2) is 4.68 Å². The van der Waals surface area contributed by atoms with Crippen LogP contribution in [0.2, 0.25) is 0 Å². The van der Waals surface area contributed by atoms with E-state index in [2.05, 4.69) is 20.5 Å². The lowest BCUT2D eigenvalue weighted by Crippen LogP contribution is -2.74. The number of rotatable bonds is 9. The van der Waals surface area contributed by atoms with Crippen molar-refractivity contribution in [2.45, 2.75) is 36.5 Å². The van der Waals surface area contributed by atoms with Gasteiger partial charge in [-0.3, -0.25) is 19.4 Å². The molecule has 2 aromatic rings. The van der Waals surface area contributed by atoms with E-state index in [4.69, 9.17) is 18.0 Å². The third-order valence-corrected chi connectivity index (χ3v) is 8.69. The number of carbonyl (C=O) groups is 3. The van der Waals surface area contributed by atoms with Crippen molar-refractivity contribution in [3.63, 3.8) is 0 Å². The number of nitrogens with zero attached hydrogens (tertiary/aromatic N) is 7. The Balaban J connectivity index is 1.47. The summed E-state index contributed by atoms with van der Waals surface area (Å²) in [5, 5.41) is 21.6. The van der Waals surface area contributed by atoms with Crippen molar-refractivity contribution in [3.05, 3.63) is 24.5 Å². The van der Waals surface area contributed by atoms with Gasteiger partial charge in [0.15, 0.2) is 0 Å². The SMILES string of the molecule is CC(=S)N(c1ccncc1)C1C(=O)N2CC(CSc3nnnn3CCC(N)=O)(C(=O)O)CS[C@H]12. The number of thioether (sulfide) groups is 2. The predicted molar refractivity (Wildman–Crippen MR) is 129 cm³/mol. The largest absolute Gasteiger partial charge is 0.481 e. The van der Waals surface area contributed by atoms with E-state index >= 15 is 0 Å². The zero-order valence-corrected chi connectivity index (χ0v) is 20.6. The van der Waals surface area contributed by atoms with Crippen LogP contribution in [0.3, 0.4) is 0 Å². The van der Waals surface area contributed by atoms with Crippen LogP contribution in [0.4, 0.5) is 5.69 Å². The van der Waals surface area contributed by atoms with Crippen LogP contribution in [-0.4, -0.2) is 87.4 Å². The molecule has 15 heteroatoms. The van der Waals surface area contributed by atoms with E-state index in [1.54, 1.807) is 36.4 Å². The number of nitrogens with two attached hydrogens (primary N) is 1. The standard InChI is InChI=1S/C19H22N8O4S3/c1-11(32)27(12-2-5-21-6-3-12)14-15(29)25-8-19(17(30)31,9-33-16(14)25)10-34-18-22-23-24-26(18)7-4-13(20)28/h2-3,5-6,14,16H,4,7-10H2,1H3,(H2,20,28)(H,30,31)/t14?,16-,19?/m1/s1. The van der Waals surface area contributed by atoms with E-state index in [-0.39, 0.29) is 36.5 Å². The summed E-state index contributed by atoms with van der Waals surface area (Å²) in [7, 11) is 0. The number of hydrogen-bond donors (Lipinski definition) is 2. The third kappa shape index (κ3) is 4.59. The average Bonchev–Trinajstić information content (AvgIpc) is 3.27. The number of primary amides is 1. The van der Waals surface area contributed by atoms with Gasteiger partial charge in [0.25, 0.3) is 0 Å². The molecule has 0 radical (unpaired) electrons. The number of carbonyl (C=O) groups excluding carboxylic acids is 2. The van der Waals surface area contributed by atoms with Gasteiger partial charge >= 0.3 is 5.97 Å². The van der Waals surface area contributed by atoms with Crippen molar-refractivity contribution >= 4 is 64.2 Å².